The third-order valence-electron chi connectivity index (χ3n) is 4.52. The first kappa shape index (κ1) is 22.7. The van der Waals surface area contributed by atoms with Gasteiger partial charge in [0.1, 0.15) is 11.0 Å². The van der Waals surface area contributed by atoms with E-state index < -0.39 is 28.7 Å². The van der Waals surface area contributed by atoms with Crippen molar-refractivity contribution < 1.29 is 27.6 Å². The fraction of sp³-hybridized carbons (Fsp3) is 0.444. The molecule has 11 heteroatoms. The summed E-state index contributed by atoms with van der Waals surface area (Å²) in [5.41, 5.74) is 1.58. The van der Waals surface area contributed by atoms with Gasteiger partial charge in [-0.1, -0.05) is 11.6 Å². The normalized spacial score (nSPS) is 14.7. The molecule has 0 aliphatic carbocycles. The standard InChI is InChI=1S/C18H20ClF3N4O3/c1-4-25(5-2)14(27)9-6-11-10(3)16(28)26(17(11)29)24-13-8-7-12(15(19)23-13)18(20,21)22/h7-8H,4-6,9H2,1-3H3,(H,23,24). The molecule has 1 aliphatic heterocycles. The molecule has 1 aliphatic rings. The maximum atomic E-state index is 12.8. The molecule has 1 aromatic rings. The zero-order valence-corrected chi connectivity index (χ0v) is 16.8. The van der Waals surface area contributed by atoms with Gasteiger partial charge in [-0.2, -0.15) is 18.2 Å². The Kier molecular flexibility index (Phi) is 6.89. The second-order valence-electron chi connectivity index (χ2n) is 6.26. The van der Waals surface area contributed by atoms with Crippen molar-refractivity contribution in [3.05, 3.63) is 34.0 Å². The van der Waals surface area contributed by atoms with Gasteiger partial charge in [0.2, 0.25) is 5.91 Å². The summed E-state index contributed by atoms with van der Waals surface area (Å²) in [7, 11) is 0. The number of pyridine rings is 1. The van der Waals surface area contributed by atoms with E-state index in [0.717, 1.165) is 6.07 Å². The molecule has 0 aromatic carbocycles. The van der Waals surface area contributed by atoms with E-state index in [1.54, 1.807) is 4.90 Å². The lowest BCUT2D eigenvalue weighted by molar-refractivity contribution is -0.138. The van der Waals surface area contributed by atoms with E-state index in [-0.39, 0.29) is 35.7 Å². The summed E-state index contributed by atoms with van der Waals surface area (Å²) in [6.07, 6.45) is -4.54. The van der Waals surface area contributed by atoms with Gasteiger partial charge < -0.3 is 4.90 Å². The molecule has 158 valence electrons. The highest BCUT2D eigenvalue weighted by Gasteiger charge is 2.37. The van der Waals surface area contributed by atoms with Crippen LogP contribution >= 0.6 is 11.6 Å². The minimum absolute atomic E-state index is 0.0611. The number of hydrogen-bond acceptors (Lipinski definition) is 5. The summed E-state index contributed by atoms with van der Waals surface area (Å²) >= 11 is 5.56. The summed E-state index contributed by atoms with van der Waals surface area (Å²) in [4.78, 5) is 42.3. The van der Waals surface area contributed by atoms with Crippen molar-refractivity contribution in [2.45, 2.75) is 39.8 Å². The summed E-state index contributed by atoms with van der Waals surface area (Å²) in [6, 6.07) is 1.67. The van der Waals surface area contributed by atoms with Gasteiger partial charge in [-0.25, -0.2) is 4.98 Å². The summed E-state index contributed by atoms with van der Waals surface area (Å²) < 4.78 is 38.3. The number of aromatic nitrogens is 1. The first-order valence-electron chi connectivity index (χ1n) is 8.87. The Hall–Kier alpha value is -2.62. The fourth-order valence-electron chi connectivity index (χ4n) is 2.87. The molecular formula is C18H20ClF3N4O3. The first-order chi connectivity index (χ1) is 13.5. The van der Waals surface area contributed by atoms with Crippen molar-refractivity contribution in [3.63, 3.8) is 0 Å². The van der Waals surface area contributed by atoms with Crippen LogP contribution in [0.15, 0.2) is 23.3 Å². The van der Waals surface area contributed by atoms with Crippen LogP contribution in [-0.2, 0) is 20.6 Å². The number of nitrogens with one attached hydrogen (secondary N) is 1. The zero-order chi connectivity index (χ0) is 21.9. The predicted octanol–water partition coefficient (Wildman–Crippen LogP) is 3.41. The van der Waals surface area contributed by atoms with Crippen molar-refractivity contribution in [2.75, 3.05) is 18.5 Å². The lowest BCUT2D eigenvalue weighted by Crippen LogP contribution is -2.37. The van der Waals surface area contributed by atoms with E-state index in [0.29, 0.717) is 24.2 Å². The zero-order valence-electron chi connectivity index (χ0n) is 16.1. The highest BCUT2D eigenvalue weighted by Crippen LogP contribution is 2.34. The number of amides is 3. The first-order valence-corrected chi connectivity index (χ1v) is 9.25. The molecule has 7 nitrogen and oxygen atoms in total. The third kappa shape index (κ3) is 4.87. The minimum atomic E-state index is -4.68. The molecule has 0 spiro atoms. The maximum Gasteiger partial charge on any atom is 0.419 e. The number of halogens is 4. The van der Waals surface area contributed by atoms with E-state index in [2.05, 4.69) is 10.4 Å². The molecule has 0 unspecified atom stereocenters. The van der Waals surface area contributed by atoms with Gasteiger partial charge in [0.25, 0.3) is 11.8 Å². The molecule has 2 heterocycles. The van der Waals surface area contributed by atoms with E-state index in [1.807, 2.05) is 13.8 Å². The van der Waals surface area contributed by atoms with E-state index in [4.69, 9.17) is 11.6 Å². The molecule has 3 amide bonds. The van der Waals surface area contributed by atoms with E-state index in [9.17, 15) is 27.6 Å². The Morgan fingerprint density at radius 1 is 1.21 bits per heavy atom. The van der Waals surface area contributed by atoms with E-state index in [1.165, 1.54) is 6.92 Å². The van der Waals surface area contributed by atoms with Crippen LogP contribution in [0.1, 0.15) is 39.2 Å². The van der Waals surface area contributed by atoms with Crippen molar-refractivity contribution in [3.8, 4) is 0 Å². The number of imide groups is 1. The topological polar surface area (TPSA) is 82.6 Å². The highest BCUT2D eigenvalue weighted by atomic mass is 35.5. The summed E-state index contributed by atoms with van der Waals surface area (Å²) in [6.45, 7) is 6.20. The average molecular weight is 433 g/mol. The largest absolute Gasteiger partial charge is 0.419 e. The second-order valence-corrected chi connectivity index (χ2v) is 6.62. The van der Waals surface area contributed by atoms with Crippen LogP contribution in [0.25, 0.3) is 0 Å². The lowest BCUT2D eigenvalue weighted by Gasteiger charge is -2.19. The molecule has 0 bridgehead atoms. The molecule has 29 heavy (non-hydrogen) atoms. The average Bonchev–Trinajstić information content (AvgIpc) is 2.83. The summed E-state index contributed by atoms with van der Waals surface area (Å²) in [5, 5.41) is -0.158. The minimum Gasteiger partial charge on any atom is -0.343 e. The number of nitrogens with zero attached hydrogens (tertiary/aromatic N) is 3. The lowest BCUT2D eigenvalue weighted by atomic mass is 10.1. The number of carbonyl (C=O) groups excluding carboxylic acids is 3. The maximum absolute atomic E-state index is 12.8. The second kappa shape index (κ2) is 8.81. The Morgan fingerprint density at radius 3 is 2.34 bits per heavy atom. The molecule has 0 radical (unpaired) electrons. The van der Waals surface area contributed by atoms with Crippen LogP contribution in [-0.4, -0.2) is 45.7 Å². The van der Waals surface area contributed by atoms with Crippen LogP contribution in [0.3, 0.4) is 0 Å². The van der Waals surface area contributed by atoms with Crippen molar-refractivity contribution in [1.29, 1.82) is 0 Å². The molecule has 0 saturated carbocycles. The number of anilines is 1. The van der Waals surface area contributed by atoms with Crippen LogP contribution in [0.5, 0.6) is 0 Å². The van der Waals surface area contributed by atoms with Gasteiger partial charge in [0.05, 0.1) is 5.56 Å². The fourth-order valence-corrected chi connectivity index (χ4v) is 3.13. The van der Waals surface area contributed by atoms with Crippen LogP contribution in [0.4, 0.5) is 19.0 Å². The number of hydrazine groups is 1. The third-order valence-corrected chi connectivity index (χ3v) is 4.81. The molecule has 0 saturated heterocycles. The van der Waals surface area contributed by atoms with Crippen molar-refractivity contribution in [2.24, 2.45) is 0 Å². The number of hydrogen-bond donors (Lipinski definition) is 1. The smallest absolute Gasteiger partial charge is 0.343 e. The van der Waals surface area contributed by atoms with Crippen molar-refractivity contribution in [1.82, 2.24) is 14.9 Å². The van der Waals surface area contributed by atoms with Gasteiger partial charge >= 0.3 is 6.18 Å². The molecule has 0 fully saturated rings. The molecule has 0 atom stereocenters. The molecule has 2 rings (SSSR count). The number of alkyl halides is 3. The Labute approximate surface area is 170 Å². The monoisotopic (exact) mass is 432 g/mol. The van der Waals surface area contributed by atoms with E-state index >= 15 is 0 Å². The molecule has 1 N–H and O–H groups in total. The van der Waals surface area contributed by atoms with Crippen molar-refractivity contribution >= 4 is 35.1 Å². The van der Waals surface area contributed by atoms with Gasteiger partial charge in [0, 0.05) is 30.7 Å². The number of carbonyl (C=O) groups is 3. The molecular weight excluding hydrogens is 413 g/mol. The summed E-state index contributed by atoms with van der Waals surface area (Å²) in [5.74, 6) is -1.69. The quantitative estimate of drug-likeness (QED) is 0.527. The Morgan fingerprint density at radius 2 is 1.83 bits per heavy atom. The van der Waals surface area contributed by atoms with Gasteiger partial charge in [-0.3, -0.25) is 19.8 Å². The van der Waals surface area contributed by atoms with Crippen LogP contribution in [0, 0.1) is 0 Å². The van der Waals surface area contributed by atoms with Gasteiger partial charge in [-0.15, -0.1) is 0 Å². The number of rotatable bonds is 7. The Balaban J connectivity index is 2.12. The van der Waals surface area contributed by atoms with Gasteiger partial charge in [0.15, 0.2) is 0 Å². The SMILES string of the molecule is CCN(CC)C(=O)CCC1=C(C)C(=O)N(Nc2ccc(C(F)(F)F)c(Cl)n2)C1=O. The van der Waals surface area contributed by atoms with Crippen LogP contribution < -0.4 is 5.43 Å². The Bertz CT molecular complexity index is 866. The predicted molar refractivity (Wildman–Crippen MR) is 99.6 cm³/mol. The van der Waals surface area contributed by atoms with Crippen LogP contribution in [0.2, 0.25) is 5.15 Å². The highest BCUT2D eigenvalue weighted by molar-refractivity contribution is 6.30. The molecule has 1 aromatic heterocycles. The van der Waals surface area contributed by atoms with Gasteiger partial charge in [-0.05, 0) is 39.3 Å².